The Kier molecular flexibility index (Phi) is 7.25. The first-order chi connectivity index (χ1) is 14.6. The van der Waals surface area contributed by atoms with Gasteiger partial charge in [-0.2, -0.15) is 13.2 Å². The van der Waals surface area contributed by atoms with Gasteiger partial charge in [-0.3, -0.25) is 9.69 Å². The molecule has 11 heteroatoms. The van der Waals surface area contributed by atoms with Gasteiger partial charge in [0.25, 0.3) is 0 Å². The molecule has 1 amide bonds. The molecule has 0 unspecified atom stereocenters. The highest BCUT2D eigenvalue weighted by Crippen LogP contribution is 2.37. The molecule has 1 N–H and O–H groups in total. The first kappa shape index (κ1) is 23.5. The fourth-order valence-corrected chi connectivity index (χ4v) is 4.49. The number of rotatable bonds is 4. The number of aromatic nitrogens is 1. The minimum atomic E-state index is -5.08. The van der Waals surface area contributed by atoms with E-state index in [-0.39, 0.29) is 6.10 Å². The van der Waals surface area contributed by atoms with Crippen molar-refractivity contribution in [1.82, 2.24) is 15.0 Å². The smallest absolute Gasteiger partial charge is 0.475 e. The Balaban J connectivity index is 0.000000339. The first-order valence-electron chi connectivity index (χ1n) is 10.4. The SMILES string of the molecule is Cc1noc(C)c1CN1C[C@@H]2[C@@H](CC(=O)N3CCCC3)CO[C@@H]2C1.O=C(O)C(F)(F)F. The topological polar surface area (TPSA) is 96.1 Å². The lowest BCUT2D eigenvalue weighted by Gasteiger charge is -2.22. The first-order valence-corrected chi connectivity index (χ1v) is 10.4. The molecule has 0 aliphatic carbocycles. The Morgan fingerprint density at radius 1 is 1.19 bits per heavy atom. The van der Waals surface area contributed by atoms with Gasteiger partial charge in [0.2, 0.25) is 5.91 Å². The zero-order chi connectivity index (χ0) is 22.8. The lowest BCUT2D eigenvalue weighted by Crippen LogP contribution is -2.32. The maximum atomic E-state index is 12.5. The third kappa shape index (κ3) is 5.76. The Morgan fingerprint density at radius 3 is 2.39 bits per heavy atom. The van der Waals surface area contributed by atoms with E-state index in [4.69, 9.17) is 19.2 Å². The number of fused-ring (bicyclic) bond motifs is 1. The lowest BCUT2D eigenvalue weighted by molar-refractivity contribution is -0.192. The van der Waals surface area contributed by atoms with Gasteiger partial charge in [-0.1, -0.05) is 5.16 Å². The molecule has 0 radical (unpaired) electrons. The molecule has 0 spiro atoms. The minimum absolute atomic E-state index is 0.279. The van der Waals surface area contributed by atoms with Gasteiger partial charge < -0.3 is 19.3 Å². The summed E-state index contributed by atoms with van der Waals surface area (Å²) in [5.41, 5.74) is 2.17. The monoisotopic (exact) mass is 447 g/mol. The molecule has 3 saturated heterocycles. The summed E-state index contributed by atoms with van der Waals surface area (Å²) in [5, 5.41) is 11.2. The zero-order valence-electron chi connectivity index (χ0n) is 17.7. The van der Waals surface area contributed by atoms with Crippen LogP contribution in [0.4, 0.5) is 13.2 Å². The summed E-state index contributed by atoms with van der Waals surface area (Å²) in [7, 11) is 0. The second kappa shape index (κ2) is 9.56. The normalized spacial score (nSPS) is 26.0. The highest BCUT2D eigenvalue weighted by molar-refractivity contribution is 5.76. The van der Waals surface area contributed by atoms with Crippen LogP contribution in [0.15, 0.2) is 4.52 Å². The van der Waals surface area contributed by atoms with Crippen molar-refractivity contribution in [3.63, 3.8) is 0 Å². The number of carboxylic acid groups (broad SMARTS) is 1. The highest BCUT2D eigenvalue weighted by Gasteiger charge is 2.45. The quantitative estimate of drug-likeness (QED) is 0.757. The molecule has 0 bridgehead atoms. The zero-order valence-corrected chi connectivity index (χ0v) is 17.7. The van der Waals surface area contributed by atoms with E-state index >= 15 is 0 Å². The number of likely N-dealkylation sites (tertiary alicyclic amines) is 2. The van der Waals surface area contributed by atoms with Crippen LogP contribution in [0, 0.1) is 25.7 Å². The third-order valence-electron chi connectivity index (χ3n) is 6.22. The number of carbonyl (C=O) groups excluding carboxylic acids is 1. The minimum Gasteiger partial charge on any atom is -0.475 e. The van der Waals surface area contributed by atoms with Crippen molar-refractivity contribution in [3.05, 3.63) is 17.0 Å². The third-order valence-corrected chi connectivity index (χ3v) is 6.22. The molecular weight excluding hydrogens is 419 g/mol. The van der Waals surface area contributed by atoms with E-state index in [1.165, 1.54) is 5.56 Å². The number of carbonyl (C=O) groups is 2. The van der Waals surface area contributed by atoms with Gasteiger partial charge in [0.15, 0.2) is 0 Å². The van der Waals surface area contributed by atoms with Crippen LogP contribution in [-0.2, 0) is 20.9 Å². The molecule has 1 aromatic rings. The number of amides is 1. The van der Waals surface area contributed by atoms with E-state index in [0.717, 1.165) is 63.6 Å². The lowest BCUT2D eigenvalue weighted by atomic mass is 9.90. The Labute approximate surface area is 178 Å². The highest BCUT2D eigenvalue weighted by atomic mass is 19.4. The molecule has 3 atom stereocenters. The number of nitrogens with zero attached hydrogens (tertiary/aromatic N) is 3. The summed E-state index contributed by atoms with van der Waals surface area (Å²) in [6.07, 6.45) is -1.84. The van der Waals surface area contributed by atoms with Gasteiger partial charge >= 0.3 is 12.1 Å². The molecule has 0 saturated carbocycles. The molecule has 1 aromatic heterocycles. The van der Waals surface area contributed by atoms with Gasteiger partial charge in [-0.25, -0.2) is 4.79 Å². The summed E-state index contributed by atoms with van der Waals surface area (Å²) in [6.45, 7) is 9.42. The second-order valence-electron chi connectivity index (χ2n) is 8.39. The summed E-state index contributed by atoms with van der Waals surface area (Å²) >= 11 is 0. The number of hydrogen-bond donors (Lipinski definition) is 1. The fraction of sp³-hybridized carbons (Fsp3) is 0.750. The van der Waals surface area contributed by atoms with Gasteiger partial charge in [0, 0.05) is 50.6 Å². The van der Waals surface area contributed by atoms with Crippen LogP contribution < -0.4 is 0 Å². The molecule has 3 aliphatic heterocycles. The van der Waals surface area contributed by atoms with Crippen molar-refractivity contribution in [2.24, 2.45) is 11.8 Å². The molecule has 31 heavy (non-hydrogen) atoms. The number of alkyl halides is 3. The molecule has 3 aliphatic rings. The maximum Gasteiger partial charge on any atom is 0.490 e. The van der Waals surface area contributed by atoms with Crippen molar-refractivity contribution >= 4 is 11.9 Å². The second-order valence-corrected chi connectivity index (χ2v) is 8.39. The van der Waals surface area contributed by atoms with E-state index < -0.39 is 12.1 Å². The fourth-order valence-electron chi connectivity index (χ4n) is 4.49. The van der Waals surface area contributed by atoms with Gasteiger partial charge in [0.05, 0.1) is 18.4 Å². The van der Waals surface area contributed by atoms with Crippen molar-refractivity contribution in [1.29, 1.82) is 0 Å². The maximum absolute atomic E-state index is 12.5. The van der Waals surface area contributed by atoms with Crippen LogP contribution in [0.3, 0.4) is 0 Å². The largest absolute Gasteiger partial charge is 0.490 e. The summed E-state index contributed by atoms with van der Waals surface area (Å²) in [4.78, 5) is 25.8. The van der Waals surface area contributed by atoms with Gasteiger partial charge in [-0.15, -0.1) is 0 Å². The van der Waals surface area contributed by atoms with E-state index in [2.05, 4.69) is 10.1 Å². The molecular formula is C20H28F3N3O5. The molecule has 4 rings (SSSR count). The number of aliphatic carboxylic acids is 1. The number of aryl methyl sites for hydroxylation is 2. The van der Waals surface area contributed by atoms with Crippen LogP contribution >= 0.6 is 0 Å². The summed E-state index contributed by atoms with van der Waals surface area (Å²) in [5.74, 6) is -0.667. The van der Waals surface area contributed by atoms with E-state index in [9.17, 15) is 18.0 Å². The number of hydrogen-bond acceptors (Lipinski definition) is 6. The summed E-state index contributed by atoms with van der Waals surface area (Å²) < 4.78 is 43.0. The number of ether oxygens (including phenoxy) is 1. The van der Waals surface area contributed by atoms with Gasteiger partial charge in [0.1, 0.15) is 5.76 Å². The molecule has 174 valence electrons. The van der Waals surface area contributed by atoms with E-state index in [1.54, 1.807) is 0 Å². The van der Waals surface area contributed by atoms with E-state index in [0.29, 0.717) is 24.2 Å². The van der Waals surface area contributed by atoms with Crippen LogP contribution in [0.25, 0.3) is 0 Å². The van der Waals surface area contributed by atoms with E-state index in [1.807, 2.05) is 18.7 Å². The number of halogens is 3. The van der Waals surface area contributed by atoms with Gasteiger partial charge in [-0.05, 0) is 32.6 Å². The molecule has 8 nitrogen and oxygen atoms in total. The molecule has 3 fully saturated rings. The number of carboxylic acids is 1. The van der Waals surface area contributed by atoms with Crippen molar-refractivity contribution in [3.8, 4) is 0 Å². The Morgan fingerprint density at radius 2 is 1.84 bits per heavy atom. The van der Waals surface area contributed by atoms with Crippen molar-refractivity contribution in [2.75, 3.05) is 32.8 Å². The standard InChI is InChI=1S/C18H27N3O3.C2HF3O2/c1-12-15(13(2)24-19-12)8-20-9-16-14(11-23-17(16)10-20)7-18(22)21-5-3-4-6-21;3-2(4,5)1(6)7/h14,16-17H,3-11H2,1-2H3;(H,6,7)/t14-,16+,17+;/m0./s1. The molecule has 0 aromatic carbocycles. The predicted octanol–water partition coefficient (Wildman–Crippen LogP) is 2.38. The molecule has 4 heterocycles. The Bertz CT molecular complexity index is 772. The van der Waals surface area contributed by atoms with Crippen LogP contribution in [0.1, 0.15) is 36.3 Å². The average Bonchev–Trinajstić information content (AvgIpc) is 3.46. The van der Waals surface area contributed by atoms with Crippen LogP contribution in [0.2, 0.25) is 0 Å². The van der Waals surface area contributed by atoms with Crippen LogP contribution in [0.5, 0.6) is 0 Å². The Hall–Kier alpha value is -2.14. The summed E-state index contributed by atoms with van der Waals surface area (Å²) in [6, 6.07) is 0. The van der Waals surface area contributed by atoms with Crippen LogP contribution in [-0.4, -0.2) is 77.0 Å². The van der Waals surface area contributed by atoms with Crippen molar-refractivity contribution in [2.45, 2.75) is 51.9 Å². The predicted molar refractivity (Wildman–Crippen MR) is 102 cm³/mol. The average molecular weight is 447 g/mol. The van der Waals surface area contributed by atoms with Crippen molar-refractivity contribution < 1.29 is 37.1 Å².